The summed E-state index contributed by atoms with van der Waals surface area (Å²) < 4.78 is 38.6. The molecule has 1 aromatic heterocycles. The molecule has 112 valence electrons. The summed E-state index contributed by atoms with van der Waals surface area (Å²) in [7, 11) is 0. The number of carbonyl (C=O) groups is 1. The lowest BCUT2D eigenvalue weighted by molar-refractivity contribution is -0.137. The fourth-order valence-electron chi connectivity index (χ4n) is 1.90. The van der Waals surface area contributed by atoms with E-state index in [1.165, 1.54) is 0 Å². The first-order chi connectivity index (χ1) is 9.73. The largest absolute Gasteiger partial charge is 0.419 e. The monoisotopic (exact) mass is 298 g/mol. The summed E-state index contributed by atoms with van der Waals surface area (Å²) >= 11 is 0. The number of rotatable bonds is 4. The molecule has 4 N–H and O–H groups in total. The number of amides is 1. The standard InChI is InChI=1S/C13H13F3N4O/c14-13(15,16)10-6-19-20(7-10)8-12(18,11(17)21)9-4-2-1-3-5-9/h1-7H,8,18H2,(H2,17,21). The molecule has 1 amide bonds. The molecule has 1 aromatic carbocycles. The second-order valence-corrected chi connectivity index (χ2v) is 4.63. The summed E-state index contributed by atoms with van der Waals surface area (Å²) in [5, 5.41) is 3.58. The number of aromatic nitrogens is 2. The minimum absolute atomic E-state index is 0.289. The van der Waals surface area contributed by atoms with Gasteiger partial charge in [0, 0.05) is 6.20 Å². The molecular formula is C13H13F3N4O. The van der Waals surface area contributed by atoms with Crippen LogP contribution in [0.5, 0.6) is 0 Å². The van der Waals surface area contributed by atoms with Crippen LogP contribution in [-0.4, -0.2) is 15.7 Å². The molecule has 0 radical (unpaired) electrons. The zero-order chi connectivity index (χ0) is 15.7. The molecule has 0 spiro atoms. The van der Waals surface area contributed by atoms with Gasteiger partial charge < -0.3 is 11.5 Å². The van der Waals surface area contributed by atoms with E-state index in [0.29, 0.717) is 11.8 Å². The van der Waals surface area contributed by atoms with Crippen LogP contribution in [0.2, 0.25) is 0 Å². The van der Waals surface area contributed by atoms with Crippen LogP contribution in [0, 0.1) is 0 Å². The van der Waals surface area contributed by atoms with E-state index in [9.17, 15) is 18.0 Å². The van der Waals surface area contributed by atoms with Crippen LogP contribution in [0.3, 0.4) is 0 Å². The summed E-state index contributed by atoms with van der Waals surface area (Å²) in [6.45, 7) is -0.289. The quantitative estimate of drug-likeness (QED) is 0.890. The zero-order valence-electron chi connectivity index (χ0n) is 10.8. The van der Waals surface area contributed by atoms with Gasteiger partial charge in [-0.15, -0.1) is 0 Å². The Kier molecular flexibility index (Phi) is 3.73. The third kappa shape index (κ3) is 3.05. The van der Waals surface area contributed by atoms with Crippen LogP contribution in [0.25, 0.3) is 0 Å². The topological polar surface area (TPSA) is 86.9 Å². The SMILES string of the molecule is NC(=O)C(N)(Cn1cc(C(F)(F)F)cn1)c1ccccc1. The van der Waals surface area contributed by atoms with Gasteiger partial charge >= 0.3 is 6.18 Å². The van der Waals surface area contributed by atoms with Crippen molar-refractivity contribution in [1.29, 1.82) is 0 Å². The van der Waals surface area contributed by atoms with Crippen molar-refractivity contribution in [2.45, 2.75) is 18.3 Å². The van der Waals surface area contributed by atoms with E-state index in [1.807, 2.05) is 0 Å². The van der Waals surface area contributed by atoms with Gasteiger partial charge in [0.2, 0.25) is 5.91 Å². The Morgan fingerprint density at radius 3 is 2.29 bits per heavy atom. The predicted molar refractivity (Wildman–Crippen MR) is 68.7 cm³/mol. The van der Waals surface area contributed by atoms with Crippen molar-refractivity contribution in [3.8, 4) is 0 Å². The summed E-state index contributed by atoms with van der Waals surface area (Å²) in [4.78, 5) is 11.7. The van der Waals surface area contributed by atoms with Gasteiger partial charge in [-0.25, -0.2) is 0 Å². The number of halogens is 3. The third-order valence-corrected chi connectivity index (χ3v) is 3.10. The first kappa shape index (κ1) is 15.0. The second kappa shape index (κ2) is 5.21. The Hall–Kier alpha value is -2.35. The van der Waals surface area contributed by atoms with E-state index in [4.69, 9.17) is 11.5 Å². The molecule has 1 unspecified atom stereocenters. The number of primary amides is 1. The normalized spacial score (nSPS) is 14.7. The summed E-state index contributed by atoms with van der Waals surface area (Å²) in [6, 6.07) is 8.20. The van der Waals surface area contributed by atoms with Crippen LogP contribution in [-0.2, 0) is 23.1 Å². The molecule has 1 atom stereocenters. The molecule has 8 heteroatoms. The maximum atomic E-state index is 12.5. The van der Waals surface area contributed by atoms with E-state index in [0.717, 1.165) is 10.9 Å². The van der Waals surface area contributed by atoms with Crippen LogP contribution in [0.4, 0.5) is 13.2 Å². The molecule has 0 saturated carbocycles. The second-order valence-electron chi connectivity index (χ2n) is 4.63. The van der Waals surface area contributed by atoms with Crippen molar-refractivity contribution in [2.75, 3.05) is 0 Å². The molecule has 5 nitrogen and oxygen atoms in total. The number of carbonyl (C=O) groups excluding carboxylic acids is 1. The van der Waals surface area contributed by atoms with Crippen molar-refractivity contribution >= 4 is 5.91 Å². The molecule has 2 rings (SSSR count). The van der Waals surface area contributed by atoms with Gasteiger partial charge in [-0.2, -0.15) is 18.3 Å². The Bertz CT molecular complexity index is 638. The molecule has 0 saturated heterocycles. The van der Waals surface area contributed by atoms with Crippen molar-refractivity contribution in [3.05, 3.63) is 53.9 Å². The van der Waals surface area contributed by atoms with Gasteiger partial charge in [-0.1, -0.05) is 30.3 Å². The van der Waals surface area contributed by atoms with Crippen LogP contribution in [0.1, 0.15) is 11.1 Å². The van der Waals surface area contributed by atoms with Crippen molar-refractivity contribution < 1.29 is 18.0 Å². The van der Waals surface area contributed by atoms with Gasteiger partial charge in [0.05, 0.1) is 18.3 Å². The summed E-state index contributed by atoms with van der Waals surface area (Å²) in [5.74, 6) is -0.849. The van der Waals surface area contributed by atoms with Gasteiger partial charge in [0.15, 0.2) is 0 Å². The highest BCUT2D eigenvalue weighted by Crippen LogP contribution is 2.29. The average Bonchev–Trinajstić information content (AvgIpc) is 2.88. The highest BCUT2D eigenvalue weighted by Gasteiger charge is 2.37. The maximum Gasteiger partial charge on any atom is 0.419 e. The molecular weight excluding hydrogens is 285 g/mol. The molecule has 0 aliphatic rings. The number of hydrogen-bond acceptors (Lipinski definition) is 3. The van der Waals surface area contributed by atoms with Gasteiger partial charge in [-0.3, -0.25) is 9.48 Å². The van der Waals surface area contributed by atoms with Crippen molar-refractivity contribution in [1.82, 2.24) is 9.78 Å². The molecule has 1 heterocycles. The van der Waals surface area contributed by atoms with E-state index in [1.54, 1.807) is 30.3 Å². The third-order valence-electron chi connectivity index (χ3n) is 3.10. The Morgan fingerprint density at radius 2 is 1.81 bits per heavy atom. The maximum absolute atomic E-state index is 12.5. The van der Waals surface area contributed by atoms with Gasteiger partial charge in [-0.05, 0) is 5.56 Å². The van der Waals surface area contributed by atoms with Gasteiger partial charge in [0.1, 0.15) is 5.54 Å². The molecule has 2 aromatic rings. The smallest absolute Gasteiger partial charge is 0.368 e. The fourth-order valence-corrected chi connectivity index (χ4v) is 1.90. The molecule has 0 aliphatic heterocycles. The lowest BCUT2D eigenvalue weighted by atomic mass is 9.90. The van der Waals surface area contributed by atoms with E-state index < -0.39 is 23.2 Å². The summed E-state index contributed by atoms with van der Waals surface area (Å²) in [5.41, 5.74) is 9.16. The fraction of sp³-hybridized carbons (Fsp3) is 0.231. The van der Waals surface area contributed by atoms with Gasteiger partial charge in [0.25, 0.3) is 0 Å². The minimum Gasteiger partial charge on any atom is -0.368 e. The van der Waals surface area contributed by atoms with Crippen LogP contribution in [0.15, 0.2) is 42.7 Å². The average molecular weight is 298 g/mol. The lowest BCUT2D eigenvalue weighted by Crippen LogP contribution is -2.52. The van der Waals surface area contributed by atoms with E-state index >= 15 is 0 Å². The van der Waals surface area contributed by atoms with Crippen LogP contribution < -0.4 is 11.5 Å². The van der Waals surface area contributed by atoms with E-state index in [-0.39, 0.29) is 6.54 Å². The molecule has 21 heavy (non-hydrogen) atoms. The minimum atomic E-state index is -4.50. The first-order valence-electron chi connectivity index (χ1n) is 5.97. The lowest BCUT2D eigenvalue weighted by Gasteiger charge is -2.26. The zero-order valence-corrected chi connectivity index (χ0v) is 10.8. The Labute approximate surface area is 118 Å². The highest BCUT2D eigenvalue weighted by atomic mass is 19.4. The molecule has 0 bridgehead atoms. The van der Waals surface area contributed by atoms with Crippen molar-refractivity contribution in [2.24, 2.45) is 11.5 Å². The first-order valence-corrected chi connectivity index (χ1v) is 5.97. The Balaban J connectivity index is 2.34. The van der Waals surface area contributed by atoms with Crippen molar-refractivity contribution in [3.63, 3.8) is 0 Å². The summed E-state index contributed by atoms with van der Waals surface area (Å²) in [6.07, 6.45) is -3.05. The highest BCUT2D eigenvalue weighted by molar-refractivity contribution is 5.85. The number of hydrogen-bond donors (Lipinski definition) is 2. The number of benzene rings is 1. The predicted octanol–water partition coefficient (Wildman–Crippen LogP) is 1.24. The number of nitrogens with zero attached hydrogens (tertiary/aromatic N) is 2. The van der Waals surface area contributed by atoms with Crippen LogP contribution >= 0.6 is 0 Å². The van der Waals surface area contributed by atoms with E-state index in [2.05, 4.69) is 5.10 Å². The molecule has 0 aliphatic carbocycles. The molecule has 0 fully saturated rings. The number of nitrogens with two attached hydrogens (primary N) is 2. The number of alkyl halides is 3. The Morgan fingerprint density at radius 1 is 1.19 bits per heavy atom.